The normalized spacial score (nSPS) is 10.5. The van der Waals surface area contributed by atoms with Crippen LogP contribution < -0.4 is 5.32 Å². The molecule has 2 heterocycles. The molecule has 0 aliphatic heterocycles. The van der Waals surface area contributed by atoms with Crippen LogP contribution in [0.1, 0.15) is 23.1 Å². The van der Waals surface area contributed by atoms with E-state index >= 15 is 0 Å². The fraction of sp³-hybridized carbons (Fsp3) is 0.176. The molecule has 0 fully saturated rings. The molecular formula is C17H15BrN4O3S. The van der Waals surface area contributed by atoms with Gasteiger partial charge in [0.25, 0.3) is 5.91 Å². The van der Waals surface area contributed by atoms with Gasteiger partial charge in [0.1, 0.15) is 5.69 Å². The summed E-state index contributed by atoms with van der Waals surface area (Å²) in [6.45, 7) is 2.07. The van der Waals surface area contributed by atoms with Crippen LogP contribution in [0.15, 0.2) is 40.2 Å². The second-order valence-electron chi connectivity index (χ2n) is 5.25. The first-order chi connectivity index (χ1) is 12.5. The first-order valence-corrected chi connectivity index (χ1v) is 9.45. The molecule has 3 rings (SSSR count). The summed E-state index contributed by atoms with van der Waals surface area (Å²) < 4.78 is 5.85. The molecule has 26 heavy (non-hydrogen) atoms. The molecule has 0 aliphatic rings. The highest BCUT2D eigenvalue weighted by Gasteiger charge is 2.14. The number of aromatic nitrogens is 3. The molecule has 0 bridgehead atoms. The van der Waals surface area contributed by atoms with Gasteiger partial charge in [-0.2, -0.15) is 5.10 Å². The van der Waals surface area contributed by atoms with Crippen LogP contribution in [0.5, 0.6) is 0 Å². The molecule has 0 spiro atoms. The zero-order chi connectivity index (χ0) is 18.5. The molecule has 3 aromatic rings. The Bertz CT molecular complexity index is 920. The van der Waals surface area contributed by atoms with Crippen molar-refractivity contribution in [3.05, 3.63) is 51.6 Å². The average Bonchev–Trinajstić information content (AvgIpc) is 3.25. The summed E-state index contributed by atoms with van der Waals surface area (Å²) in [5.41, 5.74) is 2.45. The van der Waals surface area contributed by atoms with Crippen molar-refractivity contribution < 1.29 is 14.3 Å². The third kappa shape index (κ3) is 4.55. The Morgan fingerprint density at radius 1 is 1.31 bits per heavy atom. The number of anilines is 1. The Labute approximate surface area is 161 Å². The Morgan fingerprint density at radius 2 is 2.08 bits per heavy atom. The fourth-order valence-corrected chi connectivity index (χ4v) is 3.15. The summed E-state index contributed by atoms with van der Waals surface area (Å²) in [6.07, 6.45) is 0.0813. The van der Waals surface area contributed by atoms with Gasteiger partial charge in [0.05, 0.1) is 24.4 Å². The van der Waals surface area contributed by atoms with Crippen molar-refractivity contribution >= 4 is 44.3 Å². The predicted octanol–water partition coefficient (Wildman–Crippen LogP) is 3.65. The number of hydrogen-bond donors (Lipinski definition) is 2. The number of H-pyrrole nitrogens is 1. The maximum atomic E-state index is 12.3. The van der Waals surface area contributed by atoms with E-state index in [1.54, 1.807) is 18.4 Å². The molecule has 7 nitrogen and oxygen atoms in total. The average molecular weight is 435 g/mol. The van der Waals surface area contributed by atoms with E-state index in [4.69, 9.17) is 4.74 Å². The Morgan fingerprint density at radius 3 is 2.81 bits per heavy atom. The summed E-state index contributed by atoms with van der Waals surface area (Å²) in [6, 6.07) is 9.30. The zero-order valence-electron chi connectivity index (χ0n) is 13.8. The minimum absolute atomic E-state index is 0.0813. The molecular weight excluding hydrogens is 420 g/mol. The van der Waals surface area contributed by atoms with Gasteiger partial charge in [0, 0.05) is 15.4 Å². The summed E-state index contributed by atoms with van der Waals surface area (Å²) in [5, 5.41) is 11.7. The van der Waals surface area contributed by atoms with Gasteiger partial charge in [-0.1, -0.05) is 28.1 Å². The number of aromatic amines is 1. The number of carbonyl (C=O) groups excluding carboxylic acids is 2. The van der Waals surface area contributed by atoms with Crippen LogP contribution in [-0.4, -0.2) is 33.7 Å². The van der Waals surface area contributed by atoms with E-state index < -0.39 is 0 Å². The lowest BCUT2D eigenvalue weighted by molar-refractivity contribution is -0.142. The molecule has 0 radical (unpaired) electrons. The number of rotatable bonds is 6. The van der Waals surface area contributed by atoms with E-state index in [1.165, 1.54) is 11.3 Å². The summed E-state index contributed by atoms with van der Waals surface area (Å²) in [5.74, 6) is -0.693. The van der Waals surface area contributed by atoms with E-state index in [0.717, 1.165) is 10.0 Å². The van der Waals surface area contributed by atoms with Gasteiger partial charge in [-0.25, -0.2) is 4.98 Å². The van der Waals surface area contributed by atoms with Crippen LogP contribution in [0.2, 0.25) is 0 Å². The highest BCUT2D eigenvalue weighted by Crippen LogP contribution is 2.21. The maximum absolute atomic E-state index is 12.3. The predicted molar refractivity (Wildman–Crippen MR) is 102 cm³/mol. The largest absolute Gasteiger partial charge is 0.466 e. The van der Waals surface area contributed by atoms with Gasteiger partial charge in [0.2, 0.25) is 0 Å². The van der Waals surface area contributed by atoms with Crippen LogP contribution in [0.4, 0.5) is 5.13 Å². The molecule has 0 saturated heterocycles. The zero-order valence-corrected chi connectivity index (χ0v) is 16.2. The molecule has 0 atom stereocenters. The summed E-state index contributed by atoms with van der Waals surface area (Å²) in [7, 11) is 0. The fourth-order valence-electron chi connectivity index (χ4n) is 2.18. The molecule has 0 saturated carbocycles. The van der Waals surface area contributed by atoms with Crippen molar-refractivity contribution in [2.75, 3.05) is 11.9 Å². The number of benzene rings is 1. The third-order valence-electron chi connectivity index (χ3n) is 3.37. The number of nitrogens with one attached hydrogen (secondary N) is 2. The highest BCUT2D eigenvalue weighted by molar-refractivity contribution is 9.10. The monoisotopic (exact) mass is 434 g/mol. The van der Waals surface area contributed by atoms with Gasteiger partial charge in [-0.15, -0.1) is 11.3 Å². The SMILES string of the molecule is CCOC(=O)Cc1csc(NC(=O)c2cc(-c3ccc(Br)cc3)n[nH]2)n1. The summed E-state index contributed by atoms with van der Waals surface area (Å²) in [4.78, 5) is 28.0. The van der Waals surface area contributed by atoms with E-state index in [2.05, 4.69) is 36.4 Å². The van der Waals surface area contributed by atoms with Gasteiger partial charge < -0.3 is 4.74 Å². The second kappa shape index (κ2) is 8.24. The van der Waals surface area contributed by atoms with Gasteiger partial charge in [-0.05, 0) is 25.1 Å². The smallest absolute Gasteiger partial charge is 0.311 e. The molecule has 0 aliphatic carbocycles. The topological polar surface area (TPSA) is 97.0 Å². The third-order valence-corrected chi connectivity index (χ3v) is 4.70. The Kier molecular flexibility index (Phi) is 5.79. The maximum Gasteiger partial charge on any atom is 0.311 e. The minimum Gasteiger partial charge on any atom is -0.466 e. The number of amides is 1. The van der Waals surface area contributed by atoms with Crippen LogP contribution in [0, 0.1) is 0 Å². The van der Waals surface area contributed by atoms with Gasteiger partial charge in [0.15, 0.2) is 5.13 Å². The minimum atomic E-state index is -0.349. The van der Waals surface area contributed by atoms with E-state index in [-0.39, 0.29) is 18.3 Å². The number of hydrogen-bond acceptors (Lipinski definition) is 6. The number of halogens is 1. The van der Waals surface area contributed by atoms with Crippen LogP contribution in [0.25, 0.3) is 11.3 Å². The van der Waals surface area contributed by atoms with E-state index in [0.29, 0.717) is 28.8 Å². The van der Waals surface area contributed by atoms with Crippen molar-refractivity contribution in [3.8, 4) is 11.3 Å². The van der Waals surface area contributed by atoms with Crippen molar-refractivity contribution in [2.45, 2.75) is 13.3 Å². The molecule has 1 amide bonds. The lowest BCUT2D eigenvalue weighted by atomic mass is 10.1. The highest BCUT2D eigenvalue weighted by atomic mass is 79.9. The van der Waals surface area contributed by atoms with Crippen molar-refractivity contribution in [1.82, 2.24) is 15.2 Å². The number of ether oxygens (including phenoxy) is 1. The Hall–Kier alpha value is -2.52. The summed E-state index contributed by atoms with van der Waals surface area (Å²) >= 11 is 4.63. The van der Waals surface area contributed by atoms with Gasteiger partial charge in [-0.3, -0.25) is 20.0 Å². The first-order valence-electron chi connectivity index (χ1n) is 7.78. The quantitative estimate of drug-likeness (QED) is 0.576. The lowest BCUT2D eigenvalue weighted by Crippen LogP contribution is -2.12. The number of nitrogens with zero attached hydrogens (tertiary/aromatic N) is 2. The first kappa shape index (κ1) is 18.3. The number of thiazole rings is 1. The molecule has 134 valence electrons. The van der Waals surface area contributed by atoms with Gasteiger partial charge >= 0.3 is 5.97 Å². The second-order valence-corrected chi connectivity index (χ2v) is 7.03. The van der Waals surface area contributed by atoms with Crippen molar-refractivity contribution in [2.24, 2.45) is 0 Å². The standard InChI is InChI=1S/C17H15BrN4O3S/c1-2-25-15(23)7-12-9-26-17(19-12)20-16(24)14-8-13(21-22-14)10-3-5-11(18)6-4-10/h3-6,8-9H,2,7H2,1H3,(H,21,22)(H,19,20,24). The lowest BCUT2D eigenvalue weighted by Gasteiger charge is -1.99. The number of carbonyl (C=O) groups is 2. The van der Waals surface area contributed by atoms with Crippen LogP contribution in [-0.2, 0) is 16.0 Å². The van der Waals surface area contributed by atoms with E-state index in [1.807, 2.05) is 24.3 Å². The van der Waals surface area contributed by atoms with Crippen LogP contribution >= 0.6 is 27.3 Å². The molecule has 2 aromatic heterocycles. The van der Waals surface area contributed by atoms with Crippen molar-refractivity contribution in [3.63, 3.8) is 0 Å². The molecule has 9 heteroatoms. The van der Waals surface area contributed by atoms with Crippen molar-refractivity contribution in [1.29, 1.82) is 0 Å². The Balaban J connectivity index is 1.64. The van der Waals surface area contributed by atoms with E-state index in [9.17, 15) is 9.59 Å². The number of esters is 1. The van der Waals surface area contributed by atoms with Crippen LogP contribution in [0.3, 0.4) is 0 Å². The molecule has 0 unspecified atom stereocenters. The molecule has 1 aromatic carbocycles. The molecule has 2 N–H and O–H groups in total.